The molecule has 98 valence electrons. The molecule has 3 aliphatic heterocycles. The van der Waals surface area contributed by atoms with Crippen molar-refractivity contribution in [2.75, 3.05) is 24.6 Å². The van der Waals surface area contributed by atoms with Gasteiger partial charge < -0.3 is 9.64 Å². The predicted octanol–water partition coefficient (Wildman–Crippen LogP) is 1.91. The Labute approximate surface area is 115 Å². The maximum Gasteiger partial charge on any atom is 0.234 e. The van der Waals surface area contributed by atoms with Gasteiger partial charge in [0.15, 0.2) is 11.6 Å². The minimum absolute atomic E-state index is 0.369. The Morgan fingerprint density at radius 2 is 2.16 bits per heavy atom. The first-order valence-corrected chi connectivity index (χ1v) is 7.02. The maximum atomic E-state index is 9.36. The van der Waals surface area contributed by atoms with Gasteiger partial charge in [-0.2, -0.15) is 19.0 Å². The number of aromatic nitrogens is 3. The molecule has 0 bridgehead atoms. The van der Waals surface area contributed by atoms with Crippen molar-refractivity contribution in [3.63, 3.8) is 0 Å². The van der Waals surface area contributed by atoms with E-state index in [1.54, 1.807) is 0 Å². The normalized spacial score (nSPS) is 14.8. The van der Waals surface area contributed by atoms with Crippen LogP contribution >= 0.6 is 11.7 Å². The average molecular weight is 275 g/mol. The summed E-state index contributed by atoms with van der Waals surface area (Å²) in [5.74, 6) is 1.75. The van der Waals surface area contributed by atoms with Gasteiger partial charge >= 0.3 is 0 Å². The van der Waals surface area contributed by atoms with Crippen LogP contribution in [-0.2, 0) is 0 Å². The van der Waals surface area contributed by atoms with Crippen LogP contribution in [0, 0.1) is 11.3 Å². The van der Waals surface area contributed by atoms with Crippen LogP contribution < -0.4 is 9.64 Å². The van der Waals surface area contributed by atoms with Crippen molar-refractivity contribution in [3.05, 3.63) is 5.56 Å². The highest BCUT2D eigenvalue weighted by Gasteiger charge is 2.28. The van der Waals surface area contributed by atoms with Crippen LogP contribution in [0.1, 0.15) is 25.3 Å². The third-order valence-corrected chi connectivity index (χ3v) is 3.68. The maximum absolute atomic E-state index is 9.36. The highest BCUT2D eigenvalue weighted by Crippen LogP contribution is 2.38. The fourth-order valence-corrected chi connectivity index (χ4v) is 2.87. The number of fused-ring (bicyclic) bond motifs is 1. The van der Waals surface area contributed by atoms with Gasteiger partial charge in [-0.1, -0.05) is 0 Å². The summed E-state index contributed by atoms with van der Waals surface area (Å²) in [5.41, 5.74) is 1.18. The highest BCUT2D eigenvalue weighted by molar-refractivity contribution is 6.99. The minimum atomic E-state index is 0.369. The first kappa shape index (κ1) is 12.1. The molecule has 0 radical (unpaired) electrons. The van der Waals surface area contributed by atoms with E-state index in [4.69, 9.17) is 4.74 Å². The molecule has 0 aromatic heterocycles. The van der Waals surface area contributed by atoms with E-state index in [0.717, 1.165) is 49.0 Å². The van der Waals surface area contributed by atoms with E-state index in [0.29, 0.717) is 23.9 Å². The summed E-state index contributed by atoms with van der Waals surface area (Å²) in [6.45, 7) is 4.29. The molecule has 3 heterocycles. The Hall–Kier alpha value is -1.94. The molecule has 19 heavy (non-hydrogen) atoms. The molecule has 1 fully saturated rings. The van der Waals surface area contributed by atoms with Crippen molar-refractivity contribution in [2.24, 2.45) is 0 Å². The molecular weight excluding hydrogens is 262 g/mol. The van der Waals surface area contributed by atoms with Crippen molar-refractivity contribution in [3.8, 4) is 23.3 Å². The SMILES string of the molecule is CCOc1nc2nsnc(N3CCCC3)c-2c1C#N. The third-order valence-electron chi connectivity index (χ3n) is 3.17. The molecule has 0 atom stereocenters. The average Bonchev–Trinajstić information content (AvgIpc) is 3.05. The van der Waals surface area contributed by atoms with E-state index in [-0.39, 0.29) is 0 Å². The van der Waals surface area contributed by atoms with Gasteiger partial charge in [0, 0.05) is 13.1 Å². The van der Waals surface area contributed by atoms with Gasteiger partial charge in [0.25, 0.3) is 0 Å². The topological polar surface area (TPSA) is 74.9 Å². The van der Waals surface area contributed by atoms with E-state index >= 15 is 0 Å². The number of rotatable bonds is 3. The first-order chi connectivity index (χ1) is 9.35. The Morgan fingerprint density at radius 3 is 2.84 bits per heavy atom. The second-order valence-corrected chi connectivity index (χ2v) is 4.85. The van der Waals surface area contributed by atoms with Crippen molar-refractivity contribution < 1.29 is 4.74 Å². The lowest BCUT2D eigenvalue weighted by atomic mass is 10.2. The minimum Gasteiger partial charge on any atom is -0.477 e. The molecule has 0 aliphatic carbocycles. The van der Waals surface area contributed by atoms with E-state index in [9.17, 15) is 5.26 Å². The zero-order valence-corrected chi connectivity index (χ0v) is 11.4. The second-order valence-electron chi connectivity index (χ2n) is 4.32. The standard InChI is InChI=1S/C12H13N5OS/c1-2-18-12-8(7-13)9-10(14-12)15-19-16-11(9)17-5-3-4-6-17/h2-6H2,1H3. The van der Waals surface area contributed by atoms with Crippen molar-refractivity contribution in [2.45, 2.75) is 19.8 Å². The number of hydrogen-bond acceptors (Lipinski definition) is 7. The van der Waals surface area contributed by atoms with Gasteiger partial charge in [-0.05, 0) is 19.8 Å². The quantitative estimate of drug-likeness (QED) is 0.851. The summed E-state index contributed by atoms with van der Waals surface area (Å²) in [6, 6.07) is 2.18. The Balaban J connectivity index is 2.15. The van der Waals surface area contributed by atoms with Gasteiger partial charge in [0.05, 0.1) is 23.9 Å². The smallest absolute Gasteiger partial charge is 0.234 e. The lowest BCUT2D eigenvalue weighted by Crippen LogP contribution is -2.20. The van der Waals surface area contributed by atoms with Gasteiger partial charge in [0.2, 0.25) is 5.88 Å². The molecule has 3 rings (SSSR count). The van der Waals surface area contributed by atoms with Crippen LogP contribution in [0.2, 0.25) is 0 Å². The molecule has 0 spiro atoms. The fourth-order valence-electron chi connectivity index (χ4n) is 2.34. The van der Waals surface area contributed by atoms with Gasteiger partial charge in [0.1, 0.15) is 11.6 Å². The number of nitrogens with zero attached hydrogens (tertiary/aromatic N) is 5. The van der Waals surface area contributed by atoms with Crippen LogP contribution in [0.4, 0.5) is 5.82 Å². The molecule has 7 heteroatoms. The molecule has 0 aromatic rings. The fraction of sp³-hybridized carbons (Fsp3) is 0.500. The number of nitriles is 1. The molecule has 0 amide bonds. The van der Waals surface area contributed by atoms with Gasteiger partial charge in [-0.15, -0.1) is 0 Å². The molecule has 6 nitrogen and oxygen atoms in total. The predicted molar refractivity (Wildman–Crippen MR) is 71.7 cm³/mol. The van der Waals surface area contributed by atoms with Gasteiger partial charge in [-0.25, -0.2) is 0 Å². The zero-order valence-electron chi connectivity index (χ0n) is 10.6. The largest absolute Gasteiger partial charge is 0.477 e. The lowest BCUT2D eigenvalue weighted by Gasteiger charge is -2.17. The monoisotopic (exact) mass is 275 g/mol. The molecule has 0 unspecified atom stereocenters. The Kier molecular flexibility index (Phi) is 3.17. The number of anilines is 1. The summed E-state index contributed by atoms with van der Waals surface area (Å²) in [6.07, 6.45) is 2.31. The molecule has 0 N–H and O–H groups in total. The summed E-state index contributed by atoms with van der Waals surface area (Å²) in [5, 5.41) is 9.36. The second kappa shape index (κ2) is 4.97. The van der Waals surface area contributed by atoms with Crippen LogP contribution in [0.5, 0.6) is 5.88 Å². The summed E-state index contributed by atoms with van der Waals surface area (Å²) in [4.78, 5) is 6.49. The highest BCUT2D eigenvalue weighted by atomic mass is 32.1. The van der Waals surface area contributed by atoms with Crippen LogP contribution in [0.15, 0.2) is 0 Å². The molecular formula is C12H13N5OS. The van der Waals surface area contributed by atoms with Crippen LogP contribution in [-0.4, -0.2) is 33.4 Å². The lowest BCUT2D eigenvalue weighted by molar-refractivity contribution is 0.328. The summed E-state index contributed by atoms with van der Waals surface area (Å²) in [7, 11) is 0. The van der Waals surface area contributed by atoms with E-state index in [1.165, 1.54) is 0 Å². The van der Waals surface area contributed by atoms with E-state index in [1.807, 2.05) is 6.92 Å². The van der Waals surface area contributed by atoms with Crippen molar-refractivity contribution >= 4 is 17.5 Å². The van der Waals surface area contributed by atoms with E-state index in [2.05, 4.69) is 24.7 Å². The molecule has 0 saturated carbocycles. The molecule has 3 aliphatic rings. The first-order valence-electron chi connectivity index (χ1n) is 6.29. The van der Waals surface area contributed by atoms with E-state index < -0.39 is 0 Å². The third kappa shape index (κ3) is 1.98. The molecule has 0 aromatic carbocycles. The Bertz CT molecular complexity index is 599. The van der Waals surface area contributed by atoms with Crippen LogP contribution in [0.25, 0.3) is 11.4 Å². The number of hydrogen-bond donors (Lipinski definition) is 0. The van der Waals surface area contributed by atoms with Crippen molar-refractivity contribution in [1.29, 1.82) is 5.26 Å². The summed E-state index contributed by atoms with van der Waals surface area (Å²) < 4.78 is 14.0. The zero-order chi connectivity index (χ0) is 13.2. The number of ether oxygens (including phenoxy) is 1. The van der Waals surface area contributed by atoms with Crippen molar-refractivity contribution in [1.82, 2.24) is 13.7 Å². The van der Waals surface area contributed by atoms with Crippen LogP contribution in [0.3, 0.4) is 0 Å². The summed E-state index contributed by atoms with van der Waals surface area (Å²) >= 11 is 1.13. The van der Waals surface area contributed by atoms with Gasteiger partial charge in [-0.3, -0.25) is 0 Å². The Morgan fingerprint density at radius 1 is 1.37 bits per heavy atom. The molecule has 1 saturated heterocycles.